The summed E-state index contributed by atoms with van der Waals surface area (Å²) in [4.78, 5) is 25.3. The monoisotopic (exact) mass is 610 g/mol. The quantitative estimate of drug-likeness (QED) is 0.236. The number of carbonyl (C=O) groups is 2. The highest BCUT2D eigenvalue weighted by atomic mass is 32.1. The topological polar surface area (TPSA) is 128 Å². The van der Waals surface area contributed by atoms with Crippen LogP contribution in [0.3, 0.4) is 0 Å². The molecule has 0 spiro atoms. The van der Waals surface area contributed by atoms with E-state index in [2.05, 4.69) is 31.0 Å². The predicted molar refractivity (Wildman–Crippen MR) is 159 cm³/mol. The maximum absolute atomic E-state index is 14.1. The van der Waals surface area contributed by atoms with Crippen LogP contribution in [0.25, 0.3) is 0 Å². The van der Waals surface area contributed by atoms with Crippen LogP contribution in [0.2, 0.25) is 0 Å². The zero-order chi connectivity index (χ0) is 29.6. The Kier molecular flexibility index (Phi) is 9.38. The van der Waals surface area contributed by atoms with Crippen molar-refractivity contribution in [3.63, 3.8) is 0 Å². The molecule has 0 unspecified atom stereocenters. The number of nitrogens with one attached hydrogen (secondary N) is 2. The molecule has 0 bridgehead atoms. The van der Waals surface area contributed by atoms with Crippen molar-refractivity contribution in [2.75, 3.05) is 24.9 Å². The van der Waals surface area contributed by atoms with Crippen molar-refractivity contribution in [1.29, 1.82) is 0 Å². The first-order valence-corrected chi connectivity index (χ1v) is 15.2. The lowest BCUT2D eigenvalue weighted by Gasteiger charge is -2.25. The number of amides is 2. The number of anilines is 2. The molecule has 1 fully saturated rings. The van der Waals surface area contributed by atoms with E-state index in [0.717, 1.165) is 46.8 Å². The van der Waals surface area contributed by atoms with E-state index in [1.165, 1.54) is 48.0 Å². The standard InChI is InChI=1S/C29H31FN6O4S2/c1-16-7-8-21(39-2)12-19(16)14-24(37)31-28-35-33-26(41-28)17-5-4-6-18(11-17)27-34-36-29(42-27)32-25(38)15-20-13-22(40-3)9-10-23(20)30/h7-10,12-13,17-18H,4-6,11,14-15H2,1-3H3,(H,31,35,37)(H,32,36,38)/t17-,18-/m0/s1. The average molecular weight is 611 g/mol. The minimum atomic E-state index is -0.469. The number of rotatable bonds is 10. The Morgan fingerprint density at radius 3 is 1.93 bits per heavy atom. The number of aryl methyl sites for hydroxylation is 1. The number of carbonyl (C=O) groups excluding carboxylic acids is 2. The second-order valence-electron chi connectivity index (χ2n) is 10.2. The fourth-order valence-corrected chi connectivity index (χ4v) is 6.80. The Balaban J connectivity index is 1.16. The highest BCUT2D eigenvalue weighted by molar-refractivity contribution is 7.15. The van der Waals surface area contributed by atoms with Crippen molar-refractivity contribution in [2.45, 2.75) is 57.3 Å². The van der Waals surface area contributed by atoms with Crippen molar-refractivity contribution in [3.8, 4) is 11.5 Å². The fourth-order valence-electron chi connectivity index (χ4n) is 4.99. The Morgan fingerprint density at radius 1 is 0.833 bits per heavy atom. The van der Waals surface area contributed by atoms with E-state index in [1.807, 2.05) is 25.1 Å². The number of benzene rings is 2. The number of methoxy groups -OCH3 is 2. The van der Waals surface area contributed by atoms with Gasteiger partial charge in [0.2, 0.25) is 22.1 Å². The molecule has 1 aliphatic rings. The molecule has 1 saturated carbocycles. The van der Waals surface area contributed by atoms with E-state index in [4.69, 9.17) is 9.47 Å². The molecule has 2 aromatic carbocycles. The smallest absolute Gasteiger partial charge is 0.230 e. The van der Waals surface area contributed by atoms with Gasteiger partial charge in [0, 0.05) is 17.4 Å². The SMILES string of the molecule is COc1ccc(C)c(CC(=O)Nc2nnc([C@H]3CCC[C@H](c4nnc(NC(=O)Cc5cc(OC)ccc5F)s4)C3)s2)c1. The minimum absolute atomic E-state index is 0.140. The third-order valence-electron chi connectivity index (χ3n) is 7.26. The molecule has 2 aromatic heterocycles. The van der Waals surface area contributed by atoms with Gasteiger partial charge < -0.3 is 20.1 Å². The summed E-state index contributed by atoms with van der Waals surface area (Å²) in [6.45, 7) is 1.96. The van der Waals surface area contributed by atoms with Gasteiger partial charge in [0.1, 0.15) is 27.3 Å². The highest BCUT2D eigenvalue weighted by Gasteiger charge is 2.29. The van der Waals surface area contributed by atoms with Gasteiger partial charge in [-0.3, -0.25) is 9.59 Å². The van der Waals surface area contributed by atoms with Gasteiger partial charge in [-0.15, -0.1) is 20.4 Å². The predicted octanol–water partition coefficient (Wildman–Crippen LogP) is 5.66. The van der Waals surface area contributed by atoms with Gasteiger partial charge in [0.15, 0.2) is 0 Å². The second-order valence-corrected chi connectivity index (χ2v) is 12.2. The van der Waals surface area contributed by atoms with Crippen molar-refractivity contribution in [2.24, 2.45) is 0 Å². The molecular formula is C29H31FN6O4S2. The number of halogens is 1. The molecule has 0 saturated heterocycles. The Hall–Kier alpha value is -3.97. The number of aromatic nitrogens is 4. The zero-order valence-electron chi connectivity index (χ0n) is 23.5. The van der Waals surface area contributed by atoms with Crippen LogP contribution < -0.4 is 20.1 Å². The van der Waals surface area contributed by atoms with Crippen molar-refractivity contribution >= 4 is 44.8 Å². The summed E-state index contributed by atoms with van der Waals surface area (Å²) < 4.78 is 24.5. The molecule has 2 amide bonds. The van der Waals surface area contributed by atoms with E-state index in [1.54, 1.807) is 7.11 Å². The summed E-state index contributed by atoms with van der Waals surface area (Å²) in [7, 11) is 3.09. The van der Waals surface area contributed by atoms with Gasteiger partial charge in [-0.1, -0.05) is 35.2 Å². The van der Waals surface area contributed by atoms with Gasteiger partial charge >= 0.3 is 0 Å². The van der Waals surface area contributed by atoms with E-state index in [0.29, 0.717) is 21.8 Å². The third kappa shape index (κ3) is 7.26. The zero-order valence-corrected chi connectivity index (χ0v) is 25.1. The number of ether oxygens (including phenoxy) is 2. The lowest BCUT2D eigenvalue weighted by molar-refractivity contribution is -0.116. The van der Waals surface area contributed by atoms with Gasteiger partial charge in [0.05, 0.1) is 27.1 Å². The molecule has 10 nitrogen and oxygen atoms in total. The normalized spacial score (nSPS) is 16.6. The van der Waals surface area contributed by atoms with E-state index in [-0.39, 0.29) is 42.1 Å². The van der Waals surface area contributed by atoms with Gasteiger partial charge in [-0.25, -0.2) is 4.39 Å². The van der Waals surface area contributed by atoms with Crippen molar-refractivity contribution in [3.05, 3.63) is 68.9 Å². The Bertz CT molecular complexity index is 1460. The Morgan fingerprint density at radius 2 is 1.36 bits per heavy atom. The van der Waals surface area contributed by atoms with Crippen LogP contribution >= 0.6 is 22.7 Å². The largest absolute Gasteiger partial charge is 0.497 e. The lowest BCUT2D eigenvalue weighted by Crippen LogP contribution is -2.15. The van der Waals surface area contributed by atoms with Gasteiger partial charge in [-0.05, 0) is 67.6 Å². The molecule has 5 rings (SSSR count). The summed E-state index contributed by atoms with van der Waals surface area (Å²) >= 11 is 2.73. The number of hydrogen-bond donors (Lipinski definition) is 2. The van der Waals surface area contributed by atoms with Crippen LogP contribution in [-0.2, 0) is 22.4 Å². The summed E-state index contributed by atoms with van der Waals surface area (Å²) in [5.74, 6) is 0.541. The van der Waals surface area contributed by atoms with Crippen molar-refractivity contribution in [1.82, 2.24) is 20.4 Å². The number of nitrogens with zero attached hydrogens (tertiary/aromatic N) is 4. The van der Waals surface area contributed by atoms with Crippen LogP contribution in [0, 0.1) is 12.7 Å². The van der Waals surface area contributed by atoms with E-state index in [9.17, 15) is 14.0 Å². The van der Waals surface area contributed by atoms with Crippen LogP contribution in [0.5, 0.6) is 11.5 Å². The molecule has 0 aliphatic heterocycles. The maximum atomic E-state index is 14.1. The van der Waals surface area contributed by atoms with E-state index >= 15 is 0 Å². The van der Waals surface area contributed by atoms with Crippen LogP contribution in [0.1, 0.15) is 64.2 Å². The second kappa shape index (κ2) is 13.3. The molecule has 2 N–H and O–H groups in total. The molecule has 1 aliphatic carbocycles. The first-order chi connectivity index (χ1) is 20.3. The van der Waals surface area contributed by atoms with Gasteiger partial charge in [0.25, 0.3) is 0 Å². The van der Waals surface area contributed by atoms with Crippen LogP contribution in [0.4, 0.5) is 14.7 Å². The number of hydrogen-bond acceptors (Lipinski definition) is 10. The minimum Gasteiger partial charge on any atom is -0.497 e. The maximum Gasteiger partial charge on any atom is 0.230 e. The molecule has 4 aromatic rings. The summed E-state index contributed by atoms with van der Waals surface area (Å²) in [5, 5.41) is 25.3. The first kappa shape index (κ1) is 29.5. The van der Waals surface area contributed by atoms with E-state index < -0.39 is 5.82 Å². The van der Waals surface area contributed by atoms with Crippen LogP contribution in [-0.4, -0.2) is 46.4 Å². The lowest BCUT2D eigenvalue weighted by atomic mass is 9.82. The summed E-state index contributed by atoms with van der Waals surface area (Å²) in [6, 6.07) is 9.97. The average Bonchev–Trinajstić information content (AvgIpc) is 3.65. The van der Waals surface area contributed by atoms with Crippen LogP contribution in [0.15, 0.2) is 36.4 Å². The highest BCUT2D eigenvalue weighted by Crippen LogP contribution is 2.43. The molecular weight excluding hydrogens is 579 g/mol. The molecule has 0 radical (unpaired) electrons. The molecule has 13 heteroatoms. The third-order valence-corrected chi connectivity index (χ3v) is 9.26. The van der Waals surface area contributed by atoms with Gasteiger partial charge in [-0.2, -0.15) is 0 Å². The molecule has 42 heavy (non-hydrogen) atoms. The molecule has 220 valence electrons. The van der Waals surface area contributed by atoms with Crippen molar-refractivity contribution < 1.29 is 23.5 Å². The first-order valence-electron chi connectivity index (χ1n) is 13.5. The Labute approximate surface area is 250 Å². The molecule has 2 atom stereocenters. The summed E-state index contributed by atoms with van der Waals surface area (Å²) in [6.07, 6.45) is 3.81. The fraction of sp³-hybridized carbons (Fsp3) is 0.379. The molecule has 2 heterocycles. The summed E-state index contributed by atoms with van der Waals surface area (Å²) in [5.41, 5.74) is 2.16.